The number of para-hydroxylation sites is 1. The van der Waals surface area contributed by atoms with Gasteiger partial charge in [-0.05, 0) is 43.2 Å². The van der Waals surface area contributed by atoms with Crippen LogP contribution in [0.1, 0.15) is 37.7 Å². The Balaban J connectivity index is 1.98. The predicted octanol–water partition coefficient (Wildman–Crippen LogP) is 3.57. The first-order chi connectivity index (χ1) is 8.81. The highest BCUT2D eigenvalue weighted by Crippen LogP contribution is 2.42. The number of hydrogen-bond donors (Lipinski definition) is 1. The van der Waals surface area contributed by atoms with Crippen LogP contribution in [0, 0.1) is 5.92 Å². The summed E-state index contributed by atoms with van der Waals surface area (Å²) in [6.45, 7) is 1.71. The van der Waals surface area contributed by atoms with E-state index in [0.29, 0.717) is 12.6 Å². The molecule has 2 atom stereocenters. The fraction of sp³-hybridized carbons (Fsp3) is 0.600. The van der Waals surface area contributed by atoms with Crippen LogP contribution in [0.2, 0.25) is 5.02 Å². The molecule has 3 heteroatoms. The number of halogens is 1. The fourth-order valence-electron chi connectivity index (χ4n) is 3.78. The monoisotopic (exact) mass is 264 g/mol. The first-order valence-electron chi connectivity index (χ1n) is 7.05. The lowest BCUT2D eigenvalue weighted by molar-refractivity contribution is 0.362. The van der Waals surface area contributed by atoms with Gasteiger partial charge in [-0.15, -0.1) is 0 Å². The van der Waals surface area contributed by atoms with Crippen LogP contribution in [-0.4, -0.2) is 12.6 Å². The molecule has 0 aromatic heterocycles. The van der Waals surface area contributed by atoms with Gasteiger partial charge in [0.1, 0.15) is 0 Å². The van der Waals surface area contributed by atoms with Crippen LogP contribution in [0.15, 0.2) is 18.2 Å². The number of benzene rings is 1. The summed E-state index contributed by atoms with van der Waals surface area (Å²) in [5.41, 5.74) is 8.27. The van der Waals surface area contributed by atoms with E-state index in [9.17, 15) is 0 Å². The van der Waals surface area contributed by atoms with Gasteiger partial charge in [-0.2, -0.15) is 0 Å². The van der Waals surface area contributed by atoms with E-state index in [-0.39, 0.29) is 0 Å². The summed E-state index contributed by atoms with van der Waals surface area (Å²) >= 11 is 6.43. The summed E-state index contributed by atoms with van der Waals surface area (Å²) in [6.07, 6.45) is 6.76. The van der Waals surface area contributed by atoms with Crippen molar-refractivity contribution in [1.29, 1.82) is 0 Å². The van der Waals surface area contributed by atoms with Gasteiger partial charge in [-0.1, -0.05) is 30.2 Å². The summed E-state index contributed by atoms with van der Waals surface area (Å²) < 4.78 is 0. The molecule has 2 unspecified atom stereocenters. The summed E-state index contributed by atoms with van der Waals surface area (Å²) in [5.74, 6) is 0.876. The summed E-state index contributed by atoms with van der Waals surface area (Å²) in [6, 6.07) is 6.81. The molecule has 1 aromatic rings. The zero-order chi connectivity index (χ0) is 12.5. The SMILES string of the molecule is NCc1cccc(Cl)c1N1CCCC2CCCC21. The van der Waals surface area contributed by atoms with Crippen LogP contribution in [0.5, 0.6) is 0 Å². The molecular formula is C15H21ClN2. The van der Waals surface area contributed by atoms with E-state index in [1.165, 1.54) is 43.4 Å². The third kappa shape index (κ3) is 2.02. The quantitative estimate of drug-likeness (QED) is 0.885. The normalized spacial score (nSPS) is 27.3. The molecule has 1 saturated heterocycles. The van der Waals surface area contributed by atoms with Crippen molar-refractivity contribution in [2.45, 2.75) is 44.7 Å². The number of nitrogens with zero attached hydrogens (tertiary/aromatic N) is 1. The molecule has 0 amide bonds. The predicted molar refractivity (Wildman–Crippen MR) is 77.1 cm³/mol. The molecule has 18 heavy (non-hydrogen) atoms. The van der Waals surface area contributed by atoms with Crippen molar-refractivity contribution in [3.63, 3.8) is 0 Å². The van der Waals surface area contributed by atoms with E-state index in [1.807, 2.05) is 12.1 Å². The van der Waals surface area contributed by atoms with Crippen molar-refractivity contribution in [3.8, 4) is 0 Å². The number of fused-ring (bicyclic) bond motifs is 1. The molecule has 2 fully saturated rings. The van der Waals surface area contributed by atoms with E-state index < -0.39 is 0 Å². The lowest BCUT2D eigenvalue weighted by atomic mass is 9.91. The maximum absolute atomic E-state index is 6.43. The minimum Gasteiger partial charge on any atom is -0.367 e. The van der Waals surface area contributed by atoms with Crippen LogP contribution < -0.4 is 10.6 Å². The summed E-state index contributed by atoms with van der Waals surface area (Å²) in [7, 11) is 0. The standard InChI is InChI=1S/C15H21ClN2/c16-13-7-1-5-12(10-17)15(13)18-9-3-6-11-4-2-8-14(11)18/h1,5,7,11,14H,2-4,6,8-10,17H2. The van der Waals surface area contributed by atoms with Crippen LogP contribution in [0.4, 0.5) is 5.69 Å². The zero-order valence-corrected chi connectivity index (χ0v) is 11.5. The molecule has 1 aliphatic heterocycles. The molecule has 0 bridgehead atoms. The van der Waals surface area contributed by atoms with Crippen molar-refractivity contribution in [2.24, 2.45) is 11.7 Å². The second kappa shape index (κ2) is 5.10. The molecule has 2 N–H and O–H groups in total. The minimum absolute atomic E-state index is 0.573. The largest absolute Gasteiger partial charge is 0.367 e. The Labute approximate surface area is 114 Å². The molecule has 2 aliphatic rings. The zero-order valence-electron chi connectivity index (χ0n) is 10.7. The molecule has 1 aromatic carbocycles. The second-order valence-electron chi connectivity index (χ2n) is 5.55. The highest BCUT2D eigenvalue weighted by atomic mass is 35.5. The van der Waals surface area contributed by atoms with E-state index in [2.05, 4.69) is 11.0 Å². The van der Waals surface area contributed by atoms with Gasteiger partial charge in [0.15, 0.2) is 0 Å². The molecule has 1 saturated carbocycles. The Hall–Kier alpha value is -0.730. The first kappa shape index (κ1) is 12.3. The van der Waals surface area contributed by atoms with E-state index in [1.54, 1.807) is 0 Å². The smallest absolute Gasteiger partial charge is 0.0643 e. The Kier molecular flexibility index (Phi) is 3.49. The van der Waals surface area contributed by atoms with Crippen molar-refractivity contribution in [3.05, 3.63) is 28.8 Å². The van der Waals surface area contributed by atoms with Gasteiger partial charge in [0, 0.05) is 19.1 Å². The van der Waals surface area contributed by atoms with Gasteiger partial charge in [0.2, 0.25) is 0 Å². The number of nitrogens with two attached hydrogens (primary N) is 1. The molecule has 98 valence electrons. The van der Waals surface area contributed by atoms with Crippen LogP contribution >= 0.6 is 11.6 Å². The Morgan fingerprint density at radius 2 is 2.06 bits per heavy atom. The van der Waals surface area contributed by atoms with Gasteiger partial charge < -0.3 is 10.6 Å². The lowest BCUT2D eigenvalue weighted by Crippen LogP contribution is -2.43. The molecule has 0 spiro atoms. The lowest BCUT2D eigenvalue weighted by Gasteiger charge is -2.40. The van der Waals surface area contributed by atoms with Crippen LogP contribution in [0.3, 0.4) is 0 Å². The van der Waals surface area contributed by atoms with Crippen molar-refractivity contribution >= 4 is 17.3 Å². The first-order valence-corrected chi connectivity index (χ1v) is 7.43. The van der Waals surface area contributed by atoms with Crippen molar-refractivity contribution < 1.29 is 0 Å². The topological polar surface area (TPSA) is 29.3 Å². The molecule has 0 radical (unpaired) electrons. The van der Waals surface area contributed by atoms with E-state index in [4.69, 9.17) is 17.3 Å². The molecule has 3 rings (SSSR count). The average Bonchev–Trinajstić information content (AvgIpc) is 2.86. The highest BCUT2D eigenvalue weighted by molar-refractivity contribution is 6.33. The van der Waals surface area contributed by atoms with Crippen molar-refractivity contribution in [1.82, 2.24) is 0 Å². The van der Waals surface area contributed by atoms with Crippen molar-refractivity contribution in [2.75, 3.05) is 11.4 Å². The van der Waals surface area contributed by atoms with Gasteiger partial charge in [0.25, 0.3) is 0 Å². The minimum atomic E-state index is 0.573. The molecule has 1 aliphatic carbocycles. The van der Waals surface area contributed by atoms with E-state index in [0.717, 1.165) is 17.5 Å². The van der Waals surface area contributed by atoms with Gasteiger partial charge >= 0.3 is 0 Å². The van der Waals surface area contributed by atoms with Crippen LogP contribution in [-0.2, 0) is 6.54 Å². The van der Waals surface area contributed by atoms with Gasteiger partial charge in [0.05, 0.1) is 10.7 Å². The summed E-state index contributed by atoms with van der Waals surface area (Å²) in [4.78, 5) is 2.55. The maximum atomic E-state index is 6.43. The number of rotatable bonds is 2. The number of piperidine rings is 1. The van der Waals surface area contributed by atoms with Crippen LogP contribution in [0.25, 0.3) is 0 Å². The molecule has 1 heterocycles. The molecule has 2 nitrogen and oxygen atoms in total. The maximum Gasteiger partial charge on any atom is 0.0643 e. The van der Waals surface area contributed by atoms with E-state index >= 15 is 0 Å². The highest BCUT2D eigenvalue weighted by Gasteiger charge is 2.36. The number of anilines is 1. The number of hydrogen-bond acceptors (Lipinski definition) is 2. The third-order valence-corrected chi connectivity index (χ3v) is 4.88. The third-order valence-electron chi connectivity index (χ3n) is 4.57. The Morgan fingerprint density at radius 1 is 1.22 bits per heavy atom. The Morgan fingerprint density at radius 3 is 2.89 bits per heavy atom. The molecular weight excluding hydrogens is 244 g/mol. The van der Waals surface area contributed by atoms with Gasteiger partial charge in [-0.3, -0.25) is 0 Å². The van der Waals surface area contributed by atoms with Gasteiger partial charge in [-0.25, -0.2) is 0 Å². The fourth-order valence-corrected chi connectivity index (χ4v) is 4.08. The second-order valence-corrected chi connectivity index (χ2v) is 5.95. The Bertz CT molecular complexity index is 433. The average molecular weight is 265 g/mol. The summed E-state index contributed by atoms with van der Waals surface area (Å²) in [5, 5.41) is 0.866.